The molecule has 1 heterocycles. The number of anilines is 1. The molecule has 2 rings (SSSR count). The Kier molecular flexibility index (Phi) is 8.39. The minimum atomic E-state index is -0.0243. The molecule has 25 heavy (non-hydrogen) atoms. The van der Waals surface area contributed by atoms with E-state index in [0.717, 1.165) is 24.3 Å². The molecule has 0 radical (unpaired) electrons. The summed E-state index contributed by atoms with van der Waals surface area (Å²) in [7, 11) is 3.47. The molecule has 2 amide bonds. The van der Waals surface area contributed by atoms with Gasteiger partial charge in [-0.3, -0.25) is 9.59 Å². The number of benzene rings is 1. The first-order chi connectivity index (χ1) is 11.4. The molecule has 0 aliphatic carbocycles. The molecule has 2 atom stereocenters. The molecule has 0 bridgehead atoms. The van der Waals surface area contributed by atoms with Gasteiger partial charge in [0.2, 0.25) is 5.91 Å². The minimum absolute atomic E-state index is 0. The molecule has 0 aromatic heterocycles. The van der Waals surface area contributed by atoms with Gasteiger partial charge in [-0.25, -0.2) is 0 Å². The topological polar surface area (TPSA) is 61.4 Å². The molecule has 1 aliphatic rings. The maximum Gasteiger partial charge on any atom is 0.253 e. The highest BCUT2D eigenvalue weighted by Gasteiger charge is 2.22. The number of rotatable bonds is 5. The van der Waals surface area contributed by atoms with E-state index >= 15 is 0 Å². The lowest BCUT2D eigenvalue weighted by Gasteiger charge is -2.28. The summed E-state index contributed by atoms with van der Waals surface area (Å²) in [6, 6.07) is 5.44. The molecule has 6 heteroatoms. The van der Waals surface area contributed by atoms with Gasteiger partial charge in [-0.2, -0.15) is 0 Å². The van der Waals surface area contributed by atoms with E-state index < -0.39 is 0 Å². The van der Waals surface area contributed by atoms with Crippen LogP contribution in [0.4, 0.5) is 5.69 Å². The van der Waals surface area contributed by atoms with E-state index in [1.54, 1.807) is 31.1 Å². The molecule has 5 nitrogen and oxygen atoms in total. The van der Waals surface area contributed by atoms with Crippen LogP contribution in [-0.4, -0.2) is 43.9 Å². The van der Waals surface area contributed by atoms with Crippen LogP contribution in [0.25, 0.3) is 0 Å². The number of halogens is 1. The molecule has 0 saturated carbocycles. The monoisotopic (exact) mass is 367 g/mol. The van der Waals surface area contributed by atoms with E-state index in [4.69, 9.17) is 0 Å². The van der Waals surface area contributed by atoms with Crippen molar-refractivity contribution in [3.63, 3.8) is 0 Å². The maximum absolute atomic E-state index is 12.3. The van der Waals surface area contributed by atoms with Gasteiger partial charge < -0.3 is 15.5 Å². The van der Waals surface area contributed by atoms with Gasteiger partial charge in [0.25, 0.3) is 5.91 Å². The fraction of sp³-hybridized carbons (Fsp3) is 0.579. The average molecular weight is 368 g/mol. The molecule has 0 spiro atoms. The Morgan fingerprint density at radius 1 is 1.36 bits per heavy atom. The van der Waals surface area contributed by atoms with Crippen LogP contribution in [0.2, 0.25) is 0 Å². The third-order valence-corrected chi connectivity index (χ3v) is 4.79. The number of nitrogens with one attached hydrogen (secondary N) is 2. The Morgan fingerprint density at radius 2 is 2.08 bits per heavy atom. The van der Waals surface area contributed by atoms with Crippen molar-refractivity contribution in [3.05, 3.63) is 29.3 Å². The Labute approximate surface area is 157 Å². The standard InChI is InChI=1S/C19H29N3O2.ClH/c1-13(15-6-5-9-20-12-15)11-18(23)21-16-7-8-17(14(2)10-16)19(24)22(3)4;/h7-8,10,13,15,20H,5-6,9,11-12H2,1-4H3,(H,21,23);1H. The van der Waals surface area contributed by atoms with Gasteiger partial charge in [0.05, 0.1) is 0 Å². The van der Waals surface area contributed by atoms with Gasteiger partial charge in [-0.15, -0.1) is 12.4 Å². The largest absolute Gasteiger partial charge is 0.345 e. The first kappa shape index (κ1) is 21.5. The summed E-state index contributed by atoms with van der Waals surface area (Å²) in [6.45, 7) is 6.14. The summed E-state index contributed by atoms with van der Waals surface area (Å²) in [6.07, 6.45) is 2.92. The van der Waals surface area contributed by atoms with E-state index in [1.165, 1.54) is 12.8 Å². The average Bonchev–Trinajstić information content (AvgIpc) is 2.55. The zero-order valence-corrected chi connectivity index (χ0v) is 16.4. The van der Waals surface area contributed by atoms with Crippen molar-refractivity contribution < 1.29 is 9.59 Å². The highest BCUT2D eigenvalue weighted by molar-refractivity contribution is 5.97. The van der Waals surface area contributed by atoms with Crippen molar-refractivity contribution >= 4 is 29.9 Å². The van der Waals surface area contributed by atoms with Gasteiger partial charge in [0.15, 0.2) is 0 Å². The Hall–Kier alpha value is -1.59. The second-order valence-electron chi connectivity index (χ2n) is 7.07. The highest BCUT2D eigenvalue weighted by atomic mass is 35.5. The second kappa shape index (κ2) is 9.78. The summed E-state index contributed by atoms with van der Waals surface area (Å²) in [5.74, 6) is 0.961. The molecule has 1 saturated heterocycles. The van der Waals surface area contributed by atoms with Gasteiger partial charge in [-0.1, -0.05) is 6.92 Å². The van der Waals surface area contributed by atoms with Gasteiger partial charge in [0, 0.05) is 31.8 Å². The van der Waals surface area contributed by atoms with Crippen molar-refractivity contribution in [3.8, 4) is 0 Å². The van der Waals surface area contributed by atoms with E-state index in [0.29, 0.717) is 23.8 Å². The van der Waals surface area contributed by atoms with E-state index in [-0.39, 0.29) is 24.2 Å². The predicted octanol–water partition coefficient (Wildman–Crippen LogP) is 3.08. The first-order valence-electron chi connectivity index (χ1n) is 8.71. The van der Waals surface area contributed by atoms with Crippen molar-refractivity contribution in [2.75, 3.05) is 32.5 Å². The van der Waals surface area contributed by atoms with Crippen molar-refractivity contribution in [2.45, 2.75) is 33.1 Å². The number of aryl methyl sites for hydroxylation is 1. The number of amides is 2. The summed E-state index contributed by atoms with van der Waals surface area (Å²) in [5.41, 5.74) is 2.29. The van der Waals surface area contributed by atoms with Gasteiger partial charge >= 0.3 is 0 Å². The summed E-state index contributed by atoms with van der Waals surface area (Å²) >= 11 is 0. The van der Waals surface area contributed by atoms with Crippen LogP contribution in [0.1, 0.15) is 42.1 Å². The van der Waals surface area contributed by atoms with Crippen molar-refractivity contribution in [1.82, 2.24) is 10.2 Å². The Balaban J connectivity index is 0.00000312. The quantitative estimate of drug-likeness (QED) is 0.840. The third kappa shape index (κ3) is 6.01. The number of hydrogen-bond acceptors (Lipinski definition) is 3. The van der Waals surface area contributed by atoms with Gasteiger partial charge in [-0.05, 0) is 68.5 Å². The lowest BCUT2D eigenvalue weighted by atomic mass is 9.85. The van der Waals surface area contributed by atoms with Crippen LogP contribution in [0, 0.1) is 18.8 Å². The maximum atomic E-state index is 12.3. The molecule has 1 aromatic rings. The fourth-order valence-corrected chi connectivity index (χ4v) is 3.26. The van der Waals surface area contributed by atoms with Crippen LogP contribution >= 0.6 is 12.4 Å². The van der Waals surface area contributed by atoms with E-state index in [2.05, 4.69) is 17.6 Å². The SMILES string of the molecule is Cc1cc(NC(=O)CC(C)C2CCCNC2)ccc1C(=O)N(C)C.Cl. The molecular formula is C19H30ClN3O2. The highest BCUT2D eigenvalue weighted by Crippen LogP contribution is 2.23. The molecule has 140 valence electrons. The second-order valence-corrected chi connectivity index (χ2v) is 7.07. The zero-order chi connectivity index (χ0) is 17.7. The van der Waals surface area contributed by atoms with E-state index in [1.807, 2.05) is 13.0 Å². The van der Waals surface area contributed by atoms with Gasteiger partial charge in [0.1, 0.15) is 0 Å². The molecule has 1 aromatic carbocycles. The van der Waals surface area contributed by atoms with Crippen LogP contribution in [0.5, 0.6) is 0 Å². The molecule has 2 N–H and O–H groups in total. The van der Waals surface area contributed by atoms with Crippen LogP contribution in [0.15, 0.2) is 18.2 Å². The van der Waals surface area contributed by atoms with Crippen molar-refractivity contribution in [1.29, 1.82) is 0 Å². The lowest BCUT2D eigenvalue weighted by Crippen LogP contribution is -2.34. The molecule has 2 unspecified atom stereocenters. The Bertz CT molecular complexity index is 598. The van der Waals surface area contributed by atoms with Crippen LogP contribution in [-0.2, 0) is 4.79 Å². The van der Waals surface area contributed by atoms with Crippen molar-refractivity contribution in [2.24, 2.45) is 11.8 Å². The fourth-order valence-electron chi connectivity index (χ4n) is 3.26. The summed E-state index contributed by atoms with van der Waals surface area (Å²) in [5, 5.41) is 6.37. The number of nitrogens with zero attached hydrogens (tertiary/aromatic N) is 1. The van der Waals surface area contributed by atoms with Crippen LogP contribution in [0.3, 0.4) is 0 Å². The predicted molar refractivity (Wildman–Crippen MR) is 104 cm³/mol. The smallest absolute Gasteiger partial charge is 0.253 e. The van der Waals surface area contributed by atoms with Crippen LogP contribution < -0.4 is 10.6 Å². The Morgan fingerprint density at radius 3 is 2.64 bits per heavy atom. The normalized spacial score (nSPS) is 18.0. The molecular weight excluding hydrogens is 338 g/mol. The first-order valence-corrected chi connectivity index (χ1v) is 8.71. The molecule has 1 fully saturated rings. The number of carbonyl (C=O) groups is 2. The number of piperidine rings is 1. The zero-order valence-electron chi connectivity index (χ0n) is 15.6. The number of hydrogen-bond donors (Lipinski definition) is 2. The van der Waals surface area contributed by atoms with E-state index in [9.17, 15) is 9.59 Å². The third-order valence-electron chi connectivity index (χ3n) is 4.79. The summed E-state index contributed by atoms with van der Waals surface area (Å²) in [4.78, 5) is 25.9. The number of carbonyl (C=O) groups excluding carboxylic acids is 2. The summed E-state index contributed by atoms with van der Waals surface area (Å²) < 4.78 is 0. The minimum Gasteiger partial charge on any atom is -0.345 e. The lowest BCUT2D eigenvalue weighted by molar-refractivity contribution is -0.117. The molecule has 1 aliphatic heterocycles.